The van der Waals surface area contributed by atoms with E-state index < -0.39 is 0 Å². The van der Waals surface area contributed by atoms with E-state index in [1.54, 1.807) is 6.07 Å². The van der Waals surface area contributed by atoms with Crippen molar-refractivity contribution in [2.75, 3.05) is 0 Å². The number of benzene rings is 1. The van der Waals surface area contributed by atoms with E-state index in [9.17, 15) is 5.11 Å². The van der Waals surface area contributed by atoms with Gasteiger partial charge in [0.15, 0.2) is 5.75 Å². The molecule has 1 N–H and O–H groups in total. The molecule has 90 valence electrons. The summed E-state index contributed by atoms with van der Waals surface area (Å²) in [4.78, 5) is 4.12. The molecule has 0 amide bonds. The molecule has 1 aromatic heterocycles. The monoisotopic (exact) mass is 238 g/mol. The van der Waals surface area contributed by atoms with Crippen molar-refractivity contribution in [2.24, 2.45) is 0 Å². The molecule has 0 atom stereocenters. The lowest BCUT2D eigenvalue weighted by Crippen LogP contribution is -1.95. The van der Waals surface area contributed by atoms with Gasteiger partial charge < -0.3 is 5.11 Å². The molecule has 0 spiro atoms. The smallest absolute Gasteiger partial charge is 0.151 e. The SMILES string of the molecule is Cc1cccc(CCc2cc(C#N)c(O)cn2)c1. The molecule has 0 radical (unpaired) electrons. The van der Waals surface area contributed by atoms with Gasteiger partial charge in [0.1, 0.15) is 6.07 Å². The van der Waals surface area contributed by atoms with Gasteiger partial charge >= 0.3 is 0 Å². The molecule has 0 saturated carbocycles. The van der Waals surface area contributed by atoms with Crippen LogP contribution in [0.4, 0.5) is 0 Å². The summed E-state index contributed by atoms with van der Waals surface area (Å²) < 4.78 is 0. The molecule has 2 rings (SSSR count). The maximum Gasteiger partial charge on any atom is 0.151 e. The summed E-state index contributed by atoms with van der Waals surface area (Å²) in [5, 5.41) is 18.2. The fraction of sp³-hybridized carbons (Fsp3) is 0.200. The van der Waals surface area contributed by atoms with E-state index >= 15 is 0 Å². The van der Waals surface area contributed by atoms with Gasteiger partial charge in [-0.1, -0.05) is 29.8 Å². The number of pyridine rings is 1. The van der Waals surface area contributed by atoms with Crippen LogP contribution < -0.4 is 0 Å². The molecule has 1 heterocycles. The zero-order valence-electron chi connectivity index (χ0n) is 10.2. The summed E-state index contributed by atoms with van der Waals surface area (Å²) in [5.41, 5.74) is 3.60. The lowest BCUT2D eigenvalue weighted by Gasteiger charge is -2.04. The number of nitrogens with zero attached hydrogens (tertiary/aromatic N) is 2. The second-order valence-corrected chi connectivity index (χ2v) is 4.29. The van der Waals surface area contributed by atoms with Crippen molar-refractivity contribution in [3.63, 3.8) is 0 Å². The quantitative estimate of drug-likeness (QED) is 0.894. The van der Waals surface area contributed by atoms with Crippen LogP contribution in [0.2, 0.25) is 0 Å². The maximum absolute atomic E-state index is 9.37. The first-order valence-corrected chi connectivity index (χ1v) is 5.82. The predicted octanol–water partition coefficient (Wildman–Crippen LogP) is 2.75. The normalized spacial score (nSPS) is 10.0. The van der Waals surface area contributed by atoms with Crippen LogP contribution in [0.15, 0.2) is 36.5 Å². The second-order valence-electron chi connectivity index (χ2n) is 4.29. The average molecular weight is 238 g/mol. The summed E-state index contributed by atoms with van der Waals surface area (Å²) >= 11 is 0. The Morgan fingerprint density at radius 1 is 1.28 bits per heavy atom. The Morgan fingerprint density at radius 3 is 2.83 bits per heavy atom. The third kappa shape index (κ3) is 2.86. The summed E-state index contributed by atoms with van der Waals surface area (Å²) in [5.74, 6) is -0.0585. The first-order chi connectivity index (χ1) is 8.69. The molecule has 1 aromatic carbocycles. The molecule has 0 aliphatic carbocycles. The Kier molecular flexibility index (Phi) is 3.59. The lowest BCUT2D eigenvalue weighted by atomic mass is 10.0. The highest BCUT2D eigenvalue weighted by atomic mass is 16.3. The minimum atomic E-state index is -0.0585. The van der Waals surface area contributed by atoms with Crippen molar-refractivity contribution in [3.05, 3.63) is 58.9 Å². The van der Waals surface area contributed by atoms with Gasteiger partial charge in [0.05, 0.1) is 11.8 Å². The first kappa shape index (κ1) is 12.1. The standard InChI is InChI=1S/C15H14N2O/c1-11-3-2-4-12(7-11)5-6-14-8-13(9-16)15(18)10-17-14/h2-4,7-8,10,18H,5-6H2,1H3. The molecule has 0 bridgehead atoms. The van der Waals surface area contributed by atoms with Crippen LogP contribution in [0.5, 0.6) is 5.75 Å². The predicted molar refractivity (Wildman–Crippen MR) is 69.2 cm³/mol. The van der Waals surface area contributed by atoms with E-state index in [2.05, 4.69) is 30.1 Å². The number of aromatic hydroxyl groups is 1. The van der Waals surface area contributed by atoms with Gasteiger partial charge in [-0.05, 0) is 31.4 Å². The van der Waals surface area contributed by atoms with E-state index in [1.807, 2.05) is 12.1 Å². The van der Waals surface area contributed by atoms with Crippen molar-refractivity contribution in [1.82, 2.24) is 4.98 Å². The zero-order chi connectivity index (χ0) is 13.0. The summed E-state index contributed by atoms with van der Waals surface area (Å²) in [6, 6.07) is 11.9. The minimum absolute atomic E-state index is 0.0585. The number of aryl methyl sites for hydroxylation is 3. The average Bonchev–Trinajstić information content (AvgIpc) is 2.38. The fourth-order valence-electron chi connectivity index (χ4n) is 1.86. The van der Waals surface area contributed by atoms with E-state index in [0.29, 0.717) is 0 Å². The second kappa shape index (κ2) is 5.33. The fourth-order valence-corrected chi connectivity index (χ4v) is 1.86. The number of aromatic nitrogens is 1. The Morgan fingerprint density at radius 2 is 2.11 bits per heavy atom. The van der Waals surface area contributed by atoms with Gasteiger partial charge in [-0.3, -0.25) is 4.98 Å². The van der Waals surface area contributed by atoms with Crippen LogP contribution in [0, 0.1) is 18.3 Å². The molecule has 2 aromatic rings. The van der Waals surface area contributed by atoms with E-state index in [0.717, 1.165) is 18.5 Å². The molecule has 3 heteroatoms. The van der Waals surface area contributed by atoms with Crippen molar-refractivity contribution >= 4 is 0 Å². The zero-order valence-corrected chi connectivity index (χ0v) is 10.2. The first-order valence-electron chi connectivity index (χ1n) is 5.82. The Hall–Kier alpha value is -2.34. The van der Waals surface area contributed by atoms with Crippen LogP contribution in [0.25, 0.3) is 0 Å². The van der Waals surface area contributed by atoms with Gasteiger partial charge in [0.2, 0.25) is 0 Å². The summed E-state index contributed by atoms with van der Waals surface area (Å²) in [6.07, 6.45) is 2.98. The van der Waals surface area contributed by atoms with Crippen LogP contribution in [-0.4, -0.2) is 10.1 Å². The molecule has 3 nitrogen and oxygen atoms in total. The largest absolute Gasteiger partial charge is 0.505 e. The van der Waals surface area contributed by atoms with Crippen molar-refractivity contribution in [3.8, 4) is 11.8 Å². The van der Waals surface area contributed by atoms with Crippen molar-refractivity contribution in [2.45, 2.75) is 19.8 Å². The van der Waals surface area contributed by atoms with E-state index in [1.165, 1.54) is 17.3 Å². The molecule has 0 saturated heterocycles. The van der Waals surface area contributed by atoms with Crippen LogP contribution in [0.3, 0.4) is 0 Å². The van der Waals surface area contributed by atoms with Crippen LogP contribution >= 0.6 is 0 Å². The van der Waals surface area contributed by atoms with Gasteiger partial charge in [-0.2, -0.15) is 5.26 Å². The highest BCUT2D eigenvalue weighted by molar-refractivity contribution is 5.41. The van der Waals surface area contributed by atoms with E-state index in [4.69, 9.17) is 5.26 Å². The Balaban J connectivity index is 2.09. The highest BCUT2D eigenvalue weighted by Gasteiger charge is 2.03. The number of hydrogen-bond acceptors (Lipinski definition) is 3. The highest BCUT2D eigenvalue weighted by Crippen LogP contribution is 2.16. The Labute approximate surface area is 106 Å². The van der Waals surface area contributed by atoms with Gasteiger partial charge in [-0.25, -0.2) is 0 Å². The number of hydrogen-bond donors (Lipinski definition) is 1. The van der Waals surface area contributed by atoms with Crippen LogP contribution in [-0.2, 0) is 12.8 Å². The van der Waals surface area contributed by atoms with Gasteiger partial charge in [0.25, 0.3) is 0 Å². The number of nitriles is 1. The molecule has 0 unspecified atom stereocenters. The van der Waals surface area contributed by atoms with Crippen molar-refractivity contribution in [1.29, 1.82) is 5.26 Å². The van der Waals surface area contributed by atoms with Gasteiger partial charge in [-0.15, -0.1) is 0 Å². The summed E-state index contributed by atoms with van der Waals surface area (Å²) in [7, 11) is 0. The third-order valence-electron chi connectivity index (χ3n) is 2.81. The molecular formula is C15H14N2O. The number of rotatable bonds is 3. The maximum atomic E-state index is 9.37. The molecule has 0 fully saturated rings. The van der Waals surface area contributed by atoms with Crippen molar-refractivity contribution < 1.29 is 5.11 Å². The third-order valence-corrected chi connectivity index (χ3v) is 2.81. The Bertz CT molecular complexity index is 600. The summed E-state index contributed by atoms with van der Waals surface area (Å²) in [6.45, 7) is 2.07. The lowest BCUT2D eigenvalue weighted by molar-refractivity contribution is 0.470. The molecule has 18 heavy (non-hydrogen) atoms. The van der Waals surface area contributed by atoms with Gasteiger partial charge in [0, 0.05) is 5.69 Å². The molecular weight excluding hydrogens is 224 g/mol. The minimum Gasteiger partial charge on any atom is -0.505 e. The van der Waals surface area contributed by atoms with Crippen LogP contribution in [0.1, 0.15) is 22.4 Å². The molecule has 0 aliphatic rings. The van der Waals surface area contributed by atoms with E-state index in [-0.39, 0.29) is 11.3 Å². The molecule has 0 aliphatic heterocycles. The topological polar surface area (TPSA) is 56.9 Å².